The molecule has 0 N–H and O–H groups in total. The Kier molecular flexibility index (Phi) is 3.93. The van der Waals surface area contributed by atoms with Gasteiger partial charge in [-0.15, -0.1) is 23.1 Å². The number of carbonyl (C=O) groups is 1. The van der Waals surface area contributed by atoms with Gasteiger partial charge in [-0.1, -0.05) is 18.2 Å². The molecule has 0 bridgehead atoms. The third kappa shape index (κ3) is 2.41. The summed E-state index contributed by atoms with van der Waals surface area (Å²) in [6.45, 7) is 2.57. The molecule has 0 spiro atoms. The number of ether oxygens (including phenoxy) is 1. The summed E-state index contributed by atoms with van der Waals surface area (Å²) in [5.41, 5.74) is 1.03. The highest BCUT2D eigenvalue weighted by Gasteiger charge is 2.36. The van der Waals surface area contributed by atoms with E-state index in [1.165, 1.54) is 11.3 Å². The zero-order valence-electron chi connectivity index (χ0n) is 11.0. The van der Waals surface area contributed by atoms with Gasteiger partial charge < -0.3 is 4.74 Å². The lowest BCUT2D eigenvalue weighted by Gasteiger charge is -2.23. The highest BCUT2D eigenvalue weighted by atomic mass is 32.2. The van der Waals surface area contributed by atoms with E-state index in [-0.39, 0.29) is 11.3 Å². The molecule has 1 aliphatic rings. The SMILES string of the molecule is CCOc1ccccc1C1SCC(=O)N1c1nccs1. The van der Waals surface area contributed by atoms with Gasteiger partial charge in [0.15, 0.2) is 5.13 Å². The van der Waals surface area contributed by atoms with E-state index in [4.69, 9.17) is 4.74 Å². The van der Waals surface area contributed by atoms with Crippen LogP contribution in [0.2, 0.25) is 0 Å². The van der Waals surface area contributed by atoms with Crippen molar-refractivity contribution in [2.24, 2.45) is 0 Å². The molecular weight excluding hydrogens is 292 g/mol. The minimum absolute atomic E-state index is 0.0589. The molecule has 1 aliphatic heterocycles. The van der Waals surface area contributed by atoms with E-state index in [1.54, 1.807) is 22.9 Å². The van der Waals surface area contributed by atoms with Gasteiger partial charge in [-0.05, 0) is 13.0 Å². The summed E-state index contributed by atoms with van der Waals surface area (Å²) >= 11 is 3.09. The Balaban J connectivity index is 1.98. The van der Waals surface area contributed by atoms with Crippen molar-refractivity contribution in [1.82, 2.24) is 4.98 Å². The monoisotopic (exact) mass is 306 g/mol. The number of nitrogens with zero attached hydrogens (tertiary/aromatic N) is 2. The fraction of sp³-hybridized carbons (Fsp3) is 0.286. The zero-order valence-corrected chi connectivity index (χ0v) is 12.6. The Hall–Kier alpha value is -1.53. The third-order valence-corrected chi connectivity index (χ3v) is 4.94. The van der Waals surface area contributed by atoms with E-state index >= 15 is 0 Å². The molecule has 20 heavy (non-hydrogen) atoms. The fourth-order valence-corrected chi connectivity index (χ4v) is 4.10. The van der Waals surface area contributed by atoms with Crippen LogP contribution in [0.25, 0.3) is 0 Å². The number of rotatable bonds is 4. The summed E-state index contributed by atoms with van der Waals surface area (Å²) in [6.07, 6.45) is 1.72. The van der Waals surface area contributed by atoms with Crippen molar-refractivity contribution in [3.63, 3.8) is 0 Å². The van der Waals surface area contributed by atoms with Crippen molar-refractivity contribution in [1.29, 1.82) is 0 Å². The number of amides is 1. The standard InChI is InChI=1S/C14H14N2O2S2/c1-2-18-11-6-4-3-5-10(11)13-16(12(17)9-20-13)14-15-7-8-19-14/h3-8,13H,2,9H2,1H3. The molecule has 2 aromatic rings. The number of hydrogen-bond acceptors (Lipinski definition) is 5. The maximum Gasteiger partial charge on any atom is 0.240 e. The van der Waals surface area contributed by atoms with Crippen molar-refractivity contribution < 1.29 is 9.53 Å². The molecule has 2 heterocycles. The number of para-hydroxylation sites is 1. The number of thiazole rings is 1. The highest BCUT2D eigenvalue weighted by molar-refractivity contribution is 8.00. The van der Waals surface area contributed by atoms with E-state index in [0.717, 1.165) is 16.4 Å². The van der Waals surface area contributed by atoms with Crippen LogP contribution in [-0.4, -0.2) is 23.3 Å². The molecule has 1 unspecified atom stereocenters. The van der Waals surface area contributed by atoms with Gasteiger partial charge in [-0.25, -0.2) is 4.98 Å². The van der Waals surface area contributed by atoms with E-state index in [1.807, 2.05) is 36.6 Å². The lowest BCUT2D eigenvalue weighted by molar-refractivity contribution is -0.115. The first-order valence-electron chi connectivity index (χ1n) is 6.36. The molecule has 104 valence electrons. The van der Waals surface area contributed by atoms with E-state index in [0.29, 0.717) is 12.4 Å². The van der Waals surface area contributed by atoms with Crippen molar-refractivity contribution >= 4 is 34.1 Å². The number of aromatic nitrogens is 1. The molecule has 0 aliphatic carbocycles. The first-order valence-corrected chi connectivity index (χ1v) is 8.29. The maximum atomic E-state index is 12.2. The lowest BCUT2D eigenvalue weighted by atomic mass is 10.2. The summed E-state index contributed by atoms with van der Waals surface area (Å²) in [5.74, 6) is 1.41. The molecule has 0 saturated carbocycles. The van der Waals surface area contributed by atoms with Gasteiger partial charge in [-0.3, -0.25) is 9.69 Å². The number of thioether (sulfide) groups is 1. The minimum Gasteiger partial charge on any atom is -0.493 e. The summed E-state index contributed by atoms with van der Waals surface area (Å²) < 4.78 is 5.68. The molecule has 1 aromatic carbocycles. The summed E-state index contributed by atoms with van der Waals surface area (Å²) in [7, 11) is 0. The molecule has 3 rings (SSSR count). The van der Waals surface area contributed by atoms with Crippen LogP contribution >= 0.6 is 23.1 Å². The second kappa shape index (κ2) is 5.85. The van der Waals surface area contributed by atoms with Crippen molar-refractivity contribution in [3.05, 3.63) is 41.4 Å². The number of carbonyl (C=O) groups excluding carboxylic acids is 1. The van der Waals surface area contributed by atoms with Gasteiger partial charge >= 0.3 is 0 Å². The van der Waals surface area contributed by atoms with Gasteiger partial charge in [-0.2, -0.15) is 0 Å². The van der Waals surface area contributed by atoms with Gasteiger partial charge in [0.2, 0.25) is 5.91 Å². The Labute approximate surface area is 125 Å². The predicted molar refractivity (Wildman–Crippen MR) is 82.4 cm³/mol. The highest BCUT2D eigenvalue weighted by Crippen LogP contribution is 2.45. The van der Waals surface area contributed by atoms with Crippen molar-refractivity contribution in [3.8, 4) is 5.75 Å². The average Bonchev–Trinajstić information content (AvgIpc) is 3.09. The van der Waals surface area contributed by atoms with Gasteiger partial charge in [0.1, 0.15) is 11.1 Å². The van der Waals surface area contributed by atoms with Crippen molar-refractivity contribution in [2.75, 3.05) is 17.3 Å². The lowest BCUT2D eigenvalue weighted by Crippen LogP contribution is -2.27. The summed E-state index contributed by atoms with van der Waals surface area (Å²) in [4.78, 5) is 18.2. The van der Waals surface area contributed by atoms with Crippen LogP contribution in [-0.2, 0) is 4.79 Å². The molecule has 1 aromatic heterocycles. The second-order valence-corrected chi connectivity index (χ2v) is 6.15. The molecule has 1 saturated heterocycles. The molecule has 1 fully saturated rings. The summed E-state index contributed by atoms with van der Waals surface area (Å²) in [5, 5.41) is 2.57. The smallest absolute Gasteiger partial charge is 0.240 e. The van der Waals surface area contributed by atoms with E-state index < -0.39 is 0 Å². The topological polar surface area (TPSA) is 42.4 Å². The first-order chi connectivity index (χ1) is 9.81. The third-order valence-electron chi connectivity index (χ3n) is 2.98. The van der Waals surface area contributed by atoms with Crippen LogP contribution in [0.5, 0.6) is 5.75 Å². The Morgan fingerprint density at radius 2 is 2.30 bits per heavy atom. The van der Waals surface area contributed by atoms with Crippen LogP contribution < -0.4 is 9.64 Å². The Morgan fingerprint density at radius 1 is 1.45 bits per heavy atom. The fourth-order valence-electron chi connectivity index (χ4n) is 2.17. The largest absolute Gasteiger partial charge is 0.493 e. The molecule has 0 radical (unpaired) electrons. The van der Waals surface area contributed by atoms with E-state index in [9.17, 15) is 4.79 Å². The Morgan fingerprint density at radius 3 is 3.05 bits per heavy atom. The molecular formula is C14H14N2O2S2. The van der Waals surface area contributed by atoms with E-state index in [2.05, 4.69) is 4.98 Å². The maximum absolute atomic E-state index is 12.2. The number of benzene rings is 1. The minimum atomic E-state index is -0.0589. The zero-order chi connectivity index (χ0) is 13.9. The summed E-state index contributed by atoms with van der Waals surface area (Å²) in [6, 6.07) is 7.88. The molecule has 1 amide bonds. The molecule has 6 heteroatoms. The Bertz CT molecular complexity index is 601. The van der Waals surface area contributed by atoms with Crippen LogP contribution in [0.15, 0.2) is 35.8 Å². The average molecular weight is 306 g/mol. The normalized spacial score (nSPS) is 18.6. The first kappa shape index (κ1) is 13.5. The van der Waals surface area contributed by atoms with Crippen LogP contribution in [0.3, 0.4) is 0 Å². The quantitative estimate of drug-likeness (QED) is 0.869. The van der Waals surface area contributed by atoms with Gasteiger partial charge in [0, 0.05) is 17.1 Å². The number of hydrogen-bond donors (Lipinski definition) is 0. The van der Waals surface area contributed by atoms with Crippen LogP contribution in [0, 0.1) is 0 Å². The molecule has 1 atom stereocenters. The second-order valence-electron chi connectivity index (χ2n) is 4.21. The molecule has 4 nitrogen and oxygen atoms in total. The predicted octanol–water partition coefficient (Wildman–Crippen LogP) is 3.32. The van der Waals surface area contributed by atoms with Gasteiger partial charge in [0.25, 0.3) is 0 Å². The van der Waals surface area contributed by atoms with Gasteiger partial charge in [0.05, 0.1) is 12.4 Å². The van der Waals surface area contributed by atoms with Crippen LogP contribution in [0.1, 0.15) is 17.9 Å². The van der Waals surface area contributed by atoms with Crippen LogP contribution in [0.4, 0.5) is 5.13 Å². The number of anilines is 1. The van der Waals surface area contributed by atoms with Crippen molar-refractivity contribution in [2.45, 2.75) is 12.3 Å².